The quantitative estimate of drug-likeness (QED) is 0.766. The van der Waals surface area contributed by atoms with Gasteiger partial charge in [-0.05, 0) is 37.6 Å². The molecule has 0 amide bonds. The summed E-state index contributed by atoms with van der Waals surface area (Å²) in [6.07, 6.45) is 5.88. The number of nitrogens with one attached hydrogen (secondary N) is 2. The molecule has 0 spiro atoms. The third-order valence-corrected chi connectivity index (χ3v) is 5.02. The van der Waals surface area contributed by atoms with Crippen LogP contribution in [0, 0.1) is 0 Å². The highest BCUT2D eigenvalue weighted by molar-refractivity contribution is 6.31. The standard InChI is InChI=1S/C18H20ClN5/c1-20-14-5-7-24(8-6-14)18-16-15(10-21-17(16)22-11-23-18)12-3-2-4-13(19)9-12/h2-4,9-11,14,20H,5-8H2,1H3,(H,21,22,23). The Morgan fingerprint density at radius 2 is 2.08 bits per heavy atom. The number of hydrogen-bond donors (Lipinski definition) is 2. The average molecular weight is 342 g/mol. The average Bonchev–Trinajstić information content (AvgIpc) is 3.06. The van der Waals surface area contributed by atoms with Gasteiger partial charge in [0.15, 0.2) is 0 Å². The minimum absolute atomic E-state index is 0.595. The van der Waals surface area contributed by atoms with Crippen LogP contribution in [0.25, 0.3) is 22.2 Å². The Morgan fingerprint density at radius 1 is 1.25 bits per heavy atom. The Balaban J connectivity index is 1.78. The summed E-state index contributed by atoms with van der Waals surface area (Å²) < 4.78 is 0. The lowest BCUT2D eigenvalue weighted by molar-refractivity contribution is 0.441. The van der Waals surface area contributed by atoms with Crippen LogP contribution in [0.3, 0.4) is 0 Å². The zero-order valence-corrected chi connectivity index (χ0v) is 14.3. The fourth-order valence-electron chi connectivity index (χ4n) is 3.45. The van der Waals surface area contributed by atoms with Gasteiger partial charge in [-0.2, -0.15) is 0 Å². The van der Waals surface area contributed by atoms with Gasteiger partial charge < -0.3 is 15.2 Å². The van der Waals surface area contributed by atoms with E-state index in [-0.39, 0.29) is 0 Å². The van der Waals surface area contributed by atoms with E-state index in [2.05, 4.69) is 31.2 Å². The number of benzene rings is 1. The Labute approximate surface area is 146 Å². The molecule has 0 saturated carbocycles. The maximum absolute atomic E-state index is 6.17. The van der Waals surface area contributed by atoms with Gasteiger partial charge in [0.1, 0.15) is 17.8 Å². The molecule has 1 aliphatic rings. The van der Waals surface area contributed by atoms with Crippen molar-refractivity contribution in [2.75, 3.05) is 25.0 Å². The summed E-state index contributed by atoms with van der Waals surface area (Å²) in [6.45, 7) is 2.00. The first-order chi connectivity index (χ1) is 11.8. The smallest absolute Gasteiger partial charge is 0.143 e. The second-order valence-corrected chi connectivity index (χ2v) is 6.62. The molecule has 3 heterocycles. The first-order valence-corrected chi connectivity index (χ1v) is 8.64. The molecule has 24 heavy (non-hydrogen) atoms. The van der Waals surface area contributed by atoms with E-state index in [1.54, 1.807) is 6.33 Å². The van der Waals surface area contributed by atoms with Crippen molar-refractivity contribution in [1.82, 2.24) is 20.3 Å². The molecule has 2 N–H and O–H groups in total. The predicted molar refractivity (Wildman–Crippen MR) is 98.6 cm³/mol. The van der Waals surface area contributed by atoms with Crippen LogP contribution < -0.4 is 10.2 Å². The van der Waals surface area contributed by atoms with Gasteiger partial charge in [0.2, 0.25) is 0 Å². The van der Waals surface area contributed by atoms with E-state index in [1.807, 2.05) is 31.4 Å². The number of aromatic nitrogens is 3. The molecule has 1 fully saturated rings. The summed E-state index contributed by atoms with van der Waals surface area (Å²) in [5.41, 5.74) is 3.04. The highest BCUT2D eigenvalue weighted by Gasteiger charge is 2.22. The van der Waals surface area contributed by atoms with E-state index in [0.717, 1.165) is 58.9 Å². The van der Waals surface area contributed by atoms with Gasteiger partial charge in [0.05, 0.1) is 5.39 Å². The number of rotatable bonds is 3. The molecule has 0 atom stereocenters. The largest absolute Gasteiger partial charge is 0.356 e. The number of aromatic amines is 1. The number of H-pyrrole nitrogens is 1. The van der Waals surface area contributed by atoms with Crippen molar-refractivity contribution < 1.29 is 0 Å². The SMILES string of the molecule is CNC1CCN(c2ncnc3[nH]cc(-c4cccc(Cl)c4)c23)CC1. The minimum atomic E-state index is 0.595. The maximum Gasteiger partial charge on any atom is 0.143 e. The lowest BCUT2D eigenvalue weighted by Crippen LogP contribution is -2.41. The Bertz CT molecular complexity index is 851. The highest BCUT2D eigenvalue weighted by Crippen LogP contribution is 2.35. The van der Waals surface area contributed by atoms with Gasteiger partial charge in [-0.3, -0.25) is 0 Å². The molecule has 6 heteroatoms. The van der Waals surface area contributed by atoms with Crippen LogP contribution in [0.5, 0.6) is 0 Å². The van der Waals surface area contributed by atoms with Crippen molar-refractivity contribution in [3.63, 3.8) is 0 Å². The van der Waals surface area contributed by atoms with Crippen molar-refractivity contribution in [2.24, 2.45) is 0 Å². The van der Waals surface area contributed by atoms with Gasteiger partial charge in [-0.15, -0.1) is 0 Å². The van der Waals surface area contributed by atoms with Crippen molar-refractivity contribution in [3.05, 3.63) is 41.8 Å². The van der Waals surface area contributed by atoms with Crippen LogP contribution >= 0.6 is 11.6 Å². The van der Waals surface area contributed by atoms with E-state index < -0.39 is 0 Å². The molecule has 1 aliphatic heterocycles. The molecular weight excluding hydrogens is 322 g/mol. The zero-order chi connectivity index (χ0) is 16.5. The van der Waals surface area contributed by atoms with Crippen LogP contribution in [-0.4, -0.2) is 41.1 Å². The van der Waals surface area contributed by atoms with E-state index in [1.165, 1.54) is 0 Å². The molecular formula is C18H20ClN5. The molecule has 5 nitrogen and oxygen atoms in total. The third kappa shape index (κ3) is 2.74. The second kappa shape index (κ2) is 6.42. The third-order valence-electron chi connectivity index (χ3n) is 4.79. The number of nitrogens with zero attached hydrogens (tertiary/aromatic N) is 3. The Kier molecular flexibility index (Phi) is 4.12. The Morgan fingerprint density at radius 3 is 2.83 bits per heavy atom. The van der Waals surface area contributed by atoms with Crippen LogP contribution in [0.15, 0.2) is 36.8 Å². The summed E-state index contributed by atoms with van der Waals surface area (Å²) in [7, 11) is 2.03. The maximum atomic E-state index is 6.17. The van der Waals surface area contributed by atoms with Gasteiger partial charge in [0, 0.05) is 35.9 Å². The Hall–Kier alpha value is -2.11. The first kappa shape index (κ1) is 15.4. The van der Waals surface area contributed by atoms with E-state index in [9.17, 15) is 0 Å². The second-order valence-electron chi connectivity index (χ2n) is 6.18. The molecule has 4 rings (SSSR count). The van der Waals surface area contributed by atoms with Crippen molar-refractivity contribution in [3.8, 4) is 11.1 Å². The van der Waals surface area contributed by atoms with Crippen molar-refractivity contribution in [1.29, 1.82) is 0 Å². The van der Waals surface area contributed by atoms with Crippen LogP contribution in [-0.2, 0) is 0 Å². The van der Waals surface area contributed by atoms with E-state index in [0.29, 0.717) is 6.04 Å². The summed E-state index contributed by atoms with van der Waals surface area (Å²) in [4.78, 5) is 14.6. The molecule has 0 unspecified atom stereocenters. The number of hydrogen-bond acceptors (Lipinski definition) is 4. The summed E-state index contributed by atoms with van der Waals surface area (Å²) in [5, 5.41) is 5.17. The molecule has 2 aromatic heterocycles. The topological polar surface area (TPSA) is 56.8 Å². The summed E-state index contributed by atoms with van der Waals surface area (Å²) in [5.74, 6) is 1.01. The molecule has 0 radical (unpaired) electrons. The van der Waals surface area contributed by atoms with E-state index in [4.69, 9.17) is 11.6 Å². The predicted octanol–water partition coefficient (Wildman–Crippen LogP) is 3.47. The zero-order valence-electron chi connectivity index (χ0n) is 13.6. The first-order valence-electron chi connectivity index (χ1n) is 8.26. The number of fused-ring (bicyclic) bond motifs is 1. The lowest BCUT2D eigenvalue weighted by Gasteiger charge is -2.33. The van der Waals surface area contributed by atoms with Gasteiger partial charge in [-0.25, -0.2) is 9.97 Å². The van der Waals surface area contributed by atoms with Crippen molar-refractivity contribution >= 4 is 28.5 Å². The van der Waals surface area contributed by atoms with Crippen LogP contribution in [0.2, 0.25) is 5.02 Å². The molecule has 1 saturated heterocycles. The fourth-order valence-corrected chi connectivity index (χ4v) is 3.64. The molecule has 0 bridgehead atoms. The van der Waals surface area contributed by atoms with Crippen LogP contribution in [0.4, 0.5) is 5.82 Å². The summed E-state index contributed by atoms with van der Waals surface area (Å²) in [6, 6.07) is 8.50. The lowest BCUT2D eigenvalue weighted by atomic mass is 10.0. The van der Waals surface area contributed by atoms with Gasteiger partial charge >= 0.3 is 0 Å². The molecule has 0 aliphatic carbocycles. The van der Waals surface area contributed by atoms with Gasteiger partial charge in [-0.1, -0.05) is 23.7 Å². The number of piperidine rings is 1. The molecule has 124 valence electrons. The normalized spacial score (nSPS) is 16.0. The number of halogens is 1. The minimum Gasteiger partial charge on any atom is -0.356 e. The van der Waals surface area contributed by atoms with Crippen molar-refractivity contribution in [2.45, 2.75) is 18.9 Å². The van der Waals surface area contributed by atoms with E-state index >= 15 is 0 Å². The molecule has 1 aromatic carbocycles. The molecule has 3 aromatic rings. The summed E-state index contributed by atoms with van der Waals surface area (Å²) >= 11 is 6.17. The van der Waals surface area contributed by atoms with Crippen LogP contribution in [0.1, 0.15) is 12.8 Å². The highest BCUT2D eigenvalue weighted by atomic mass is 35.5. The monoisotopic (exact) mass is 341 g/mol. The fraction of sp³-hybridized carbons (Fsp3) is 0.333. The number of anilines is 1. The van der Waals surface area contributed by atoms with Gasteiger partial charge in [0.25, 0.3) is 0 Å².